The molecule has 0 aliphatic carbocycles. The number of hydrogen-bond acceptors (Lipinski definition) is 21. The molecule has 10 atom stereocenters. The van der Waals surface area contributed by atoms with Crippen molar-refractivity contribution in [1.82, 2.24) is 58.1 Å². The van der Waals surface area contributed by atoms with Gasteiger partial charge in [0, 0.05) is 42.6 Å². The number of guanidine groups is 2. The molecule has 0 aromatic carbocycles. The maximum absolute atomic E-state index is 14.6. The number of carboxylic acids is 1. The van der Waals surface area contributed by atoms with E-state index in [1.807, 2.05) is 0 Å². The van der Waals surface area contributed by atoms with Gasteiger partial charge in [-0.25, -0.2) is 0 Å². The number of hydrogen-bond donors (Lipinski definition) is 18. The molecule has 38 heteroatoms. The molecule has 0 aromatic rings. The first-order chi connectivity index (χ1) is 39.3. The molecule has 464 valence electrons. The lowest BCUT2D eigenvalue weighted by atomic mass is 10.0. The summed E-state index contributed by atoms with van der Waals surface area (Å²) in [5, 5.41) is 44.9. The zero-order chi connectivity index (χ0) is 61.9. The van der Waals surface area contributed by atoms with Crippen LogP contribution in [0.1, 0.15) is 58.8 Å². The normalized spacial score (nSPS) is 26.6. The van der Waals surface area contributed by atoms with Crippen LogP contribution in [0.4, 0.5) is 0 Å². The van der Waals surface area contributed by atoms with Gasteiger partial charge in [0.05, 0.1) is 26.1 Å². The third-order valence-corrected chi connectivity index (χ3v) is 17.2. The second-order valence-electron chi connectivity index (χ2n) is 19.2. The Labute approximate surface area is 492 Å². The number of nitrogens with zero attached hydrogens (tertiary/aromatic N) is 3. The number of primary amides is 1. The Morgan fingerprint density at radius 1 is 0.639 bits per heavy atom. The summed E-state index contributed by atoms with van der Waals surface area (Å²) in [7, 11) is 3.48. The number of aliphatic hydroxyl groups excluding tert-OH is 1. The number of carbonyl (C=O) groups is 13. The molecule has 0 unspecified atom stereocenters. The van der Waals surface area contributed by atoms with E-state index in [2.05, 4.69) is 63.2 Å². The van der Waals surface area contributed by atoms with Gasteiger partial charge in [-0.05, 0) is 44.4 Å². The van der Waals surface area contributed by atoms with Crippen molar-refractivity contribution in [3.63, 3.8) is 0 Å². The van der Waals surface area contributed by atoms with Crippen molar-refractivity contribution >= 4 is 132 Å². The molecule has 0 radical (unpaired) electrons. The minimum atomic E-state index is -1.92. The summed E-state index contributed by atoms with van der Waals surface area (Å²) in [6, 6.07) is -15.7. The summed E-state index contributed by atoms with van der Waals surface area (Å²) in [4.78, 5) is 187. The summed E-state index contributed by atoms with van der Waals surface area (Å²) in [6.07, 6.45) is -1.01. The van der Waals surface area contributed by atoms with Crippen molar-refractivity contribution in [2.75, 3.05) is 62.3 Å². The first kappa shape index (κ1) is 70.2. The number of aliphatic imine (C=N–C) groups is 2. The molecule has 0 spiro atoms. The Morgan fingerprint density at radius 2 is 1.16 bits per heavy atom. The summed E-state index contributed by atoms with van der Waals surface area (Å²) in [6.45, 7) is 0.436. The van der Waals surface area contributed by atoms with E-state index in [-0.39, 0.29) is 87.3 Å². The fourth-order valence-electron chi connectivity index (χ4n) is 8.02. The molecule has 2 bridgehead atoms. The van der Waals surface area contributed by atoms with Crippen LogP contribution in [-0.2, 0) is 62.3 Å². The molecule has 3 heterocycles. The smallest absolute Gasteiger partial charge is 0.305 e. The van der Waals surface area contributed by atoms with Crippen LogP contribution in [0, 0.1) is 5.92 Å². The number of carbonyl (C=O) groups excluding carboxylic acids is 12. The zero-order valence-electron chi connectivity index (χ0n) is 45.5. The van der Waals surface area contributed by atoms with Crippen molar-refractivity contribution < 1.29 is 72.5 Å². The molecular weight excluding hydrogens is 1170 g/mol. The van der Waals surface area contributed by atoms with E-state index >= 15 is 0 Å². The van der Waals surface area contributed by atoms with Gasteiger partial charge in [0.25, 0.3) is 0 Å². The Morgan fingerprint density at radius 3 is 1.71 bits per heavy atom. The summed E-state index contributed by atoms with van der Waals surface area (Å²) < 4.78 is 0. The molecule has 83 heavy (non-hydrogen) atoms. The van der Waals surface area contributed by atoms with Crippen molar-refractivity contribution in [2.45, 2.75) is 119 Å². The van der Waals surface area contributed by atoms with Gasteiger partial charge < -0.3 is 103 Å². The van der Waals surface area contributed by atoms with Crippen molar-refractivity contribution in [3.8, 4) is 0 Å². The first-order valence-electron chi connectivity index (χ1n) is 26.0. The van der Waals surface area contributed by atoms with Crippen LogP contribution in [0.5, 0.6) is 0 Å². The number of carboxylic acid groups (broad SMARTS) is 1. The van der Waals surface area contributed by atoms with Gasteiger partial charge in [-0.3, -0.25) is 72.3 Å². The number of rotatable bonds is 15. The highest BCUT2D eigenvalue weighted by atomic mass is 33.1. The number of amides is 12. The third-order valence-electron chi connectivity index (χ3n) is 12.4. The molecule has 12 amide bonds. The lowest BCUT2D eigenvalue weighted by molar-refractivity contribution is -0.146. The average Bonchev–Trinajstić information content (AvgIpc) is 4.13. The molecule has 3 aliphatic rings. The van der Waals surface area contributed by atoms with Crippen molar-refractivity contribution in [1.29, 1.82) is 0 Å². The molecule has 3 saturated heterocycles. The van der Waals surface area contributed by atoms with Crippen LogP contribution in [0.3, 0.4) is 0 Å². The summed E-state index contributed by atoms with van der Waals surface area (Å²) in [5.74, 6) is -16.1. The van der Waals surface area contributed by atoms with Gasteiger partial charge in [-0.15, -0.1) is 0 Å². The van der Waals surface area contributed by atoms with Gasteiger partial charge in [0.2, 0.25) is 70.9 Å². The first-order valence-corrected chi connectivity index (χ1v) is 30.9. The van der Waals surface area contributed by atoms with Crippen LogP contribution >= 0.6 is 43.2 Å². The fourth-order valence-corrected chi connectivity index (χ4v) is 12.7. The molecule has 0 aromatic heterocycles. The number of nitrogens with one attached hydrogen (secondary N) is 10. The Bertz CT molecular complexity index is 2420. The molecule has 3 rings (SSSR count). The second kappa shape index (κ2) is 35.8. The van der Waals surface area contributed by atoms with Crippen molar-refractivity contribution in [2.24, 2.45) is 50.3 Å². The highest BCUT2D eigenvalue weighted by Crippen LogP contribution is 2.26. The predicted molar refractivity (Wildman–Crippen MR) is 307 cm³/mol. The van der Waals surface area contributed by atoms with Gasteiger partial charge in [0.1, 0.15) is 60.4 Å². The molecule has 24 N–H and O–H groups in total. The van der Waals surface area contributed by atoms with E-state index in [9.17, 15) is 72.5 Å². The largest absolute Gasteiger partial charge is 0.481 e. The van der Waals surface area contributed by atoms with E-state index in [0.717, 1.165) is 48.1 Å². The lowest BCUT2D eigenvalue weighted by Gasteiger charge is -2.30. The minimum absolute atomic E-state index is 0.00668. The molecule has 3 fully saturated rings. The highest BCUT2D eigenvalue weighted by molar-refractivity contribution is 8.77. The maximum Gasteiger partial charge on any atom is 0.305 e. The third kappa shape index (κ3) is 24.4. The van der Waals surface area contributed by atoms with Crippen LogP contribution in [0.2, 0.25) is 0 Å². The highest BCUT2D eigenvalue weighted by Gasteiger charge is 2.41. The Kier molecular flexibility index (Phi) is 30.3. The average molecular weight is 1250 g/mol. The number of nitrogens with two attached hydrogens (primary N) is 6. The lowest BCUT2D eigenvalue weighted by Crippen LogP contribution is -2.61. The molecule has 0 saturated carbocycles. The second-order valence-corrected chi connectivity index (χ2v) is 24.3. The fraction of sp³-hybridized carbons (Fsp3) is 0.667. The molecular formula is C45H75N19O15S4. The van der Waals surface area contributed by atoms with Gasteiger partial charge in [-0.2, -0.15) is 0 Å². The maximum atomic E-state index is 14.6. The zero-order valence-corrected chi connectivity index (χ0v) is 48.8. The van der Waals surface area contributed by atoms with Gasteiger partial charge in [0.15, 0.2) is 11.9 Å². The van der Waals surface area contributed by atoms with Crippen LogP contribution in [-0.4, -0.2) is 227 Å². The van der Waals surface area contributed by atoms with E-state index in [0.29, 0.717) is 0 Å². The van der Waals surface area contributed by atoms with Crippen LogP contribution < -0.4 is 87.6 Å². The van der Waals surface area contributed by atoms with E-state index in [1.54, 1.807) is 13.8 Å². The SMILES string of the molecule is CC(C)[C@@H]1NC(=O)[C@@H]2CSSC[C@H](NC(=O)CN)C(=O)N[C@@H](CSSC[C@@H](C(N)=O)NC(=O)CNC(=O)[C@H](CCCN=C(N)N)NC1=O)C(=O)N[C@@H](CO)C(=O)N[C@@H](CC(=O)O)C(=O)N1CCC[C@H]1C(=O)N[C@@H](CCCN=C(N)N)C(=O)N2. The Balaban J connectivity index is 2.30. The van der Waals surface area contributed by atoms with Gasteiger partial charge >= 0.3 is 5.97 Å². The number of aliphatic carboxylic acids is 1. The van der Waals surface area contributed by atoms with E-state index in [1.165, 1.54) is 0 Å². The van der Waals surface area contributed by atoms with E-state index in [4.69, 9.17) is 34.4 Å². The molecule has 3 aliphatic heterocycles. The number of aliphatic hydroxyl groups is 1. The monoisotopic (exact) mass is 1250 g/mol. The number of fused-ring (bicyclic) bond motifs is 9. The van der Waals surface area contributed by atoms with Gasteiger partial charge in [-0.1, -0.05) is 57.0 Å². The summed E-state index contributed by atoms with van der Waals surface area (Å²) >= 11 is 0. The predicted octanol–water partition coefficient (Wildman–Crippen LogP) is -9.08. The summed E-state index contributed by atoms with van der Waals surface area (Å²) in [5.41, 5.74) is 33.2. The topological polar surface area (TPSA) is 567 Å². The van der Waals surface area contributed by atoms with Crippen molar-refractivity contribution in [3.05, 3.63) is 0 Å². The standard InChI is InChI=1S/C45H75N19O15S4/c1-20(2)33-42(78)58-21(6-3-9-52-44(48)49)35(71)54-14-31(67)55-25(34(47)70)16-80-82-18-27-39(75)60-24(15-65)37(73)59-23(12-32(68)69)43(79)64-11-5-8-29(64)41(77)57-22(7-4-10-53-45(50)51)36(72)61-28(40(76)63-33)19-83-81-17-26(38(74)62-27)56-30(66)13-46/h20-29,33,65H,3-19,46H2,1-2H3,(H2,47,70)(H,54,71)(H,55,67)(H,56,66)(H,57,77)(H,58,78)(H,59,73)(H,60,75)(H,61,72)(H,62,74)(H,63,76)(H,68,69)(H4,48,49,52)(H4,50,51,53)/t21-,22-,23-,24-,25-,26-,27-,28-,29-,33-/m0/s1. The van der Waals surface area contributed by atoms with E-state index < -0.39 is 175 Å². The van der Waals surface area contributed by atoms with Crippen LogP contribution in [0.15, 0.2) is 9.98 Å². The molecule has 34 nitrogen and oxygen atoms in total. The quantitative estimate of drug-likeness (QED) is 0.0313. The Hall–Kier alpha value is -7.03. The minimum Gasteiger partial charge on any atom is -0.481 e. The van der Waals surface area contributed by atoms with Crippen LogP contribution in [0.25, 0.3) is 0 Å².